The van der Waals surface area contributed by atoms with Crippen LogP contribution in [-0.4, -0.2) is 31.1 Å². The lowest BCUT2D eigenvalue weighted by Crippen LogP contribution is -2.25. The predicted octanol–water partition coefficient (Wildman–Crippen LogP) is 1.92. The Bertz CT molecular complexity index is 437. The SMILES string of the molecule is CCOc1ccc(C2CNC(=O)N2C)cc1F. The highest BCUT2D eigenvalue weighted by atomic mass is 19.1. The van der Waals surface area contributed by atoms with Crippen LogP contribution in [-0.2, 0) is 0 Å². The molecule has 0 bridgehead atoms. The van der Waals surface area contributed by atoms with Gasteiger partial charge in [0.2, 0.25) is 0 Å². The zero-order chi connectivity index (χ0) is 12.4. The molecule has 1 saturated heterocycles. The van der Waals surface area contributed by atoms with Crippen molar-refractivity contribution in [1.82, 2.24) is 10.2 Å². The molecule has 0 radical (unpaired) electrons. The summed E-state index contributed by atoms with van der Waals surface area (Å²) in [4.78, 5) is 12.9. The Kier molecular flexibility index (Phi) is 3.17. The van der Waals surface area contributed by atoms with E-state index in [1.54, 1.807) is 31.0 Å². The molecular weight excluding hydrogens is 223 g/mol. The molecule has 1 heterocycles. The van der Waals surface area contributed by atoms with Gasteiger partial charge < -0.3 is 15.0 Å². The highest BCUT2D eigenvalue weighted by molar-refractivity contribution is 5.76. The van der Waals surface area contributed by atoms with Crippen molar-refractivity contribution in [3.05, 3.63) is 29.6 Å². The van der Waals surface area contributed by atoms with Crippen molar-refractivity contribution in [3.63, 3.8) is 0 Å². The molecule has 0 aliphatic carbocycles. The highest BCUT2D eigenvalue weighted by Gasteiger charge is 2.28. The van der Waals surface area contributed by atoms with E-state index in [1.807, 2.05) is 0 Å². The molecule has 0 spiro atoms. The Morgan fingerprint density at radius 1 is 1.59 bits per heavy atom. The van der Waals surface area contributed by atoms with E-state index in [4.69, 9.17) is 4.74 Å². The van der Waals surface area contributed by atoms with Gasteiger partial charge in [0.05, 0.1) is 12.6 Å². The van der Waals surface area contributed by atoms with Crippen LogP contribution in [0.1, 0.15) is 18.5 Å². The summed E-state index contributed by atoms with van der Waals surface area (Å²) >= 11 is 0. The van der Waals surface area contributed by atoms with Crippen LogP contribution in [0.15, 0.2) is 18.2 Å². The fraction of sp³-hybridized carbons (Fsp3) is 0.417. The molecule has 1 N–H and O–H groups in total. The Morgan fingerprint density at radius 3 is 2.88 bits per heavy atom. The zero-order valence-corrected chi connectivity index (χ0v) is 9.87. The van der Waals surface area contributed by atoms with E-state index in [2.05, 4.69) is 5.32 Å². The first kappa shape index (κ1) is 11.7. The zero-order valence-electron chi connectivity index (χ0n) is 9.87. The van der Waals surface area contributed by atoms with Gasteiger partial charge in [0.15, 0.2) is 11.6 Å². The van der Waals surface area contributed by atoms with Gasteiger partial charge in [0.1, 0.15) is 0 Å². The van der Waals surface area contributed by atoms with Crippen molar-refractivity contribution in [1.29, 1.82) is 0 Å². The van der Waals surface area contributed by atoms with Crippen LogP contribution in [0.25, 0.3) is 0 Å². The van der Waals surface area contributed by atoms with Gasteiger partial charge in [-0.05, 0) is 24.6 Å². The highest BCUT2D eigenvalue weighted by Crippen LogP contribution is 2.27. The molecule has 1 unspecified atom stereocenters. The molecule has 2 rings (SSSR count). The van der Waals surface area contributed by atoms with Crippen molar-refractivity contribution in [2.75, 3.05) is 20.2 Å². The third-order valence-electron chi connectivity index (χ3n) is 2.88. The molecule has 1 aromatic rings. The number of rotatable bonds is 3. The molecule has 1 aliphatic rings. The number of urea groups is 1. The van der Waals surface area contributed by atoms with Crippen molar-refractivity contribution in [3.8, 4) is 5.75 Å². The largest absolute Gasteiger partial charge is 0.491 e. The molecule has 4 nitrogen and oxygen atoms in total. The maximum atomic E-state index is 13.7. The second-order valence-electron chi connectivity index (χ2n) is 3.94. The average Bonchev–Trinajstić information content (AvgIpc) is 2.63. The van der Waals surface area contributed by atoms with Gasteiger partial charge in [-0.3, -0.25) is 0 Å². The lowest BCUT2D eigenvalue weighted by Gasteiger charge is -2.18. The standard InChI is InChI=1S/C12H15FN2O2/c1-3-17-11-5-4-8(6-9(11)13)10-7-14-12(16)15(10)2/h4-6,10H,3,7H2,1-2H3,(H,14,16). The molecule has 92 valence electrons. The van der Waals surface area contributed by atoms with E-state index in [-0.39, 0.29) is 17.8 Å². The van der Waals surface area contributed by atoms with Gasteiger partial charge in [-0.25, -0.2) is 9.18 Å². The number of likely N-dealkylation sites (N-methyl/N-ethyl adjacent to an activating group) is 1. The first-order valence-electron chi connectivity index (χ1n) is 5.56. The van der Waals surface area contributed by atoms with Gasteiger partial charge in [-0.15, -0.1) is 0 Å². The van der Waals surface area contributed by atoms with Crippen LogP contribution < -0.4 is 10.1 Å². The third-order valence-corrected chi connectivity index (χ3v) is 2.88. The van der Waals surface area contributed by atoms with Gasteiger partial charge >= 0.3 is 6.03 Å². The van der Waals surface area contributed by atoms with E-state index < -0.39 is 5.82 Å². The summed E-state index contributed by atoms with van der Waals surface area (Å²) in [6.45, 7) is 2.74. The van der Waals surface area contributed by atoms with Crippen LogP contribution >= 0.6 is 0 Å². The predicted molar refractivity (Wildman–Crippen MR) is 61.5 cm³/mol. The van der Waals surface area contributed by atoms with Crippen LogP contribution in [0.2, 0.25) is 0 Å². The van der Waals surface area contributed by atoms with E-state index in [0.29, 0.717) is 13.2 Å². The molecule has 0 saturated carbocycles. The Balaban J connectivity index is 2.23. The molecule has 1 aromatic carbocycles. The number of nitrogens with zero attached hydrogens (tertiary/aromatic N) is 1. The molecular formula is C12H15FN2O2. The molecule has 5 heteroatoms. The van der Waals surface area contributed by atoms with Crippen LogP contribution in [0.4, 0.5) is 9.18 Å². The number of amides is 2. The fourth-order valence-corrected chi connectivity index (χ4v) is 1.93. The molecule has 1 fully saturated rings. The summed E-state index contributed by atoms with van der Waals surface area (Å²) < 4.78 is 18.8. The number of carbonyl (C=O) groups excluding carboxylic acids is 1. The van der Waals surface area contributed by atoms with Crippen LogP contribution in [0.5, 0.6) is 5.75 Å². The molecule has 0 aromatic heterocycles. The Morgan fingerprint density at radius 2 is 2.35 bits per heavy atom. The fourth-order valence-electron chi connectivity index (χ4n) is 1.93. The number of carbonyl (C=O) groups is 1. The summed E-state index contributed by atoms with van der Waals surface area (Å²) in [6, 6.07) is 4.56. The second-order valence-corrected chi connectivity index (χ2v) is 3.94. The number of benzene rings is 1. The summed E-state index contributed by atoms with van der Waals surface area (Å²) in [5.74, 6) is -0.145. The topological polar surface area (TPSA) is 41.6 Å². The minimum absolute atomic E-state index is 0.118. The first-order chi connectivity index (χ1) is 8.13. The summed E-state index contributed by atoms with van der Waals surface area (Å²) in [7, 11) is 1.70. The Hall–Kier alpha value is -1.78. The van der Waals surface area contributed by atoms with Crippen molar-refractivity contribution >= 4 is 6.03 Å². The summed E-state index contributed by atoms with van der Waals surface area (Å²) in [5, 5.41) is 2.71. The number of hydrogen-bond acceptors (Lipinski definition) is 2. The summed E-state index contributed by atoms with van der Waals surface area (Å²) in [5.41, 5.74) is 0.770. The van der Waals surface area contributed by atoms with Crippen molar-refractivity contribution in [2.45, 2.75) is 13.0 Å². The second kappa shape index (κ2) is 4.61. The molecule has 1 atom stereocenters. The summed E-state index contributed by atoms with van der Waals surface area (Å²) in [6.07, 6.45) is 0. The number of nitrogens with one attached hydrogen (secondary N) is 1. The quantitative estimate of drug-likeness (QED) is 0.874. The molecule has 2 amide bonds. The lowest BCUT2D eigenvalue weighted by molar-refractivity contribution is 0.216. The van der Waals surface area contributed by atoms with Gasteiger partial charge in [-0.2, -0.15) is 0 Å². The minimum Gasteiger partial charge on any atom is -0.491 e. The number of halogens is 1. The smallest absolute Gasteiger partial charge is 0.317 e. The van der Waals surface area contributed by atoms with E-state index >= 15 is 0 Å². The lowest BCUT2D eigenvalue weighted by atomic mass is 10.1. The Labute approximate surface area is 99.4 Å². The third kappa shape index (κ3) is 2.18. The van der Waals surface area contributed by atoms with Crippen LogP contribution in [0.3, 0.4) is 0 Å². The van der Waals surface area contributed by atoms with E-state index in [1.165, 1.54) is 6.07 Å². The van der Waals surface area contributed by atoms with E-state index in [0.717, 1.165) is 5.56 Å². The van der Waals surface area contributed by atoms with Crippen molar-refractivity contribution in [2.24, 2.45) is 0 Å². The molecule has 17 heavy (non-hydrogen) atoms. The van der Waals surface area contributed by atoms with Gasteiger partial charge in [0.25, 0.3) is 0 Å². The minimum atomic E-state index is -0.392. The average molecular weight is 238 g/mol. The first-order valence-corrected chi connectivity index (χ1v) is 5.56. The number of ether oxygens (including phenoxy) is 1. The molecule has 1 aliphatic heterocycles. The maximum absolute atomic E-state index is 13.7. The maximum Gasteiger partial charge on any atom is 0.317 e. The van der Waals surface area contributed by atoms with Gasteiger partial charge in [0, 0.05) is 13.6 Å². The van der Waals surface area contributed by atoms with Crippen LogP contribution in [0, 0.1) is 5.82 Å². The monoisotopic (exact) mass is 238 g/mol. The van der Waals surface area contributed by atoms with E-state index in [9.17, 15) is 9.18 Å². The van der Waals surface area contributed by atoms with Crippen molar-refractivity contribution < 1.29 is 13.9 Å². The normalized spacial score (nSPS) is 19.4. The van der Waals surface area contributed by atoms with Gasteiger partial charge in [-0.1, -0.05) is 6.07 Å². The number of hydrogen-bond donors (Lipinski definition) is 1.